The fourth-order valence-corrected chi connectivity index (χ4v) is 3.37. The molecular formula is C19H27N5O4. The van der Waals surface area contributed by atoms with Crippen LogP contribution in [-0.2, 0) is 11.2 Å². The minimum Gasteiger partial charge on any atom is -0.491 e. The van der Waals surface area contributed by atoms with Crippen LogP contribution in [0, 0.1) is 0 Å². The summed E-state index contributed by atoms with van der Waals surface area (Å²) in [7, 11) is 5.21. The molecule has 3 atom stereocenters. The van der Waals surface area contributed by atoms with E-state index in [0.29, 0.717) is 11.7 Å². The van der Waals surface area contributed by atoms with Gasteiger partial charge in [-0.2, -0.15) is 0 Å². The molecule has 1 fully saturated rings. The Morgan fingerprint density at radius 2 is 1.96 bits per heavy atom. The number of aliphatic hydroxyl groups excluding tert-OH is 1. The molecule has 2 N–H and O–H groups in total. The number of aliphatic imine (C=N–C) groups is 1. The number of nitrogens with zero attached hydrogens (tertiary/aromatic N) is 4. The lowest BCUT2D eigenvalue weighted by Gasteiger charge is -2.37. The highest BCUT2D eigenvalue weighted by molar-refractivity contribution is 6.03. The van der Waals surface area contributed by atoms with Crippen LogP contribution in [0.4, 0.5) is 4.79 Å². The van der Waals surface area contributed by atoms with Crippen LogP contribution in [0.1, 0.15) is 12.5 Å². The van der Waals surface area contributed by atoms with Crippen LogP contribution < -0.4 is 10.1 Å². The molecule has 0 saturated carbocycles. The average Bonchev–Trinajstić information content (AvgIpc) is 3.05. The lowest BCUT2D eigenvalue weighted by atomic mass is 10.1. The number of nitrogens with one attached hydrogen (secondary N) is 1. The van der Waals surface area contributed by atoms with Crippen molar-refractivity contribution in [2.24, 2.45) is 4.99 Å². The first-order valence-electron chi connectivity index (χ1n) is 9.31. The molecule has 0 bridgehead atoms. The van der Waals surface area contributed by atoms with Gasteiger partial charge in [-0.3, -0.25) is 10.1 Å². The number of β-amino-alcohol motifs (C(OH)–C–C–N with tert-alkyl or cyclic N) is 1. The van der Waals surface area contributed by atoms with E-state index >= 15 is 0 Å². The van der Waals surface area contributed by atoms with Gasteiger partial charge in [-0.1, -0.05) is 19.1 Å². The minimum absolute atomic E-state index is 0.0798. The molecule has 152 valence electrons. The van der Waals surface area contributed by atoms with E-state index in [9.17, 15) is 14.7 Å². The molecule has 0 aromatic heterocycles. The standard InChI is InChI=1S/C19H27N5O4/c1-5-12-6-8-14(9-7-12)28-11-13(25)10-24-15-16(20-18(24)22(2)3)23(4)19(27)21-17(15)26/h6-9,13,15-16,25H,5,10-11H2,1-4H3,(H,21,26,27). The van der Waals surface area contributed by atoms with Gasteiger partial charge in [0, 0.05) is 21.1 Å². The number of urea groups is 1. The Labute approximate surface area is 164 Å². The molecule has 0 radical (unpaired) electrons. The van der Waals surface area contributed by atoms with Gasteiger partial charge in [-0.05, 0) is 24.1 Å². The van der Waals surface area contributed by atoms with Crippen molar-refractivity contribution in [1.82, 2.24) is 20.0 Å². The summed E-state index contributed by atoms with van der Waals surface area (Å²) >= 11 is 0. The quantitative estimate of drug-likeness (QED) is 0.716. The summed E-state index contributed by atoms with van der Waals surface area (Å²) in [6.45, 7) is 2.32. The van der Waals surface area contributed by atoms with E-state index in [1.54, 1.807) is 30.9 Å². The maximum absolute atomic E-state index is 12.4. The number of ether oxygens (including phenoxy) is 1. The van der Waals surface area contributed by atoms with Crippen LogP contribution in [0.25, 0.3) is 0 Å². The molecule has 2 aliphatic heterocycles. The van der Waals surface area contributed by atoms with Gasteiger partial charge in [0.1, 0.15) is 18.5 Å². The summed E-state index contributed by atoms with van der Waals surface area (Å²) in [6.07, 6.45) is -0.509. The highest BCUT2D eigenvalue weighted by Crippen LogP contribution is 2.25. The third-order valence-corrected chi connectivity index (χ3v) is 4.92. The molecule has 3 unspecified atom stereocenters. The molecule has 1 saturated heterocycles. The normalized spacial score (nSPS) is 22.5. The summed E-state index contributed by atoms with van der Waals surface area (Å²) in [5, 5.41) is 12.8. The largest absolute Gasteiger partial charge is 0.491 e. The van der Waals surface area contributed by atoms with Crippen molar-refractivity contribution in [1.29, 1.82) is 0 Å². The lowest BCUT2D eigenvalue weighted by molar-refractivity contribution is -0.127. The molecule has 0 aliphatic carbocycles. The molecule has 3 amide bonds. The summed E-state index contributed by atoms with van der Waals surface area (Å²) in [4.78, 5) is 33.7. The van der Waals surface area contributed by atoms with Gasteiger partial charge in [0.15, 0.2) is 18.2 Å². The number of aliphatic hydroxyl groups is 1. The number of rotatable bonds is 6. The van der Waals surface area contributed by atoms with Crippen molar-refractivity contribution in [3.05, 3.63) is 29.8 Å². The fourth-order valence-electron chi connectivity index (χ4n) is 3.37. The Morgan fingerprint density at radius 3 is 2.57 bits per heavy atom. The Hall–Kier alpha value is -2.81. The van der Waals surface area contributed by atoms with Gasteiger partial charge in [0.05, 0.1) is 6.54 Å². The van der Waals surface area contributed by atoms with Gasteiger partial charge >= 0.3 is 6.03 Å². The number of guanidine groups is 1. The van der Waals surface area contributed by atoms with Crippen molar-refractivity contribution in [3.63, 3.8) is 0 Å². The number of imide groups is 1. The number of hydrogen-bond donors (Lipinski definition) is 2. The number of aryl methyl sites for hydroxylation is 1. The second kappa shape index (κ2) is 8.05. The van der Waals surface area contributed by atoms with E-state index in [4.69, 9.17) is 4.74 Å². The van der Waals surface area contributed by atoms with Crippen molar-refractivity contribution in [2.45, 2.75) is 31.7 Å². The van der Waals surface area contributed by atoms with Gasteiger partial charge in [0.25, 0.3) is 5.91 Å². The van der Waals surface area contributed by atoms with E-state index in [2.05, 4.69) is 17.2 Å². The van der Waals surface area contributed by atoms with E-state index in [1.807, 2.05) is 24.3 Å². The van der Waals surface area contributed by atoms with Crippen LogP contribution in [0.3, 0.4) is 0 Å². The zero-order chi connectivity index (χ0) is 20.4. The lowest BCUT2D eigenvalue weighted by Crippen LogP contribution is -2.64. The summed E-state index contributed by atoms with van der Waals surface area (Å²) in [5.74, 6) is 0.799. The first-order chi connectivity index (χ1) is 13.3. The SMILES string of the molecule is CCc1ccc(OCC(O)CN2C(N(C)C)=NC3C2C(=O)NC(=O)N3C)cc1. The van der Waals surface area contributed by atoms with Crippen LogP contribution in [0.15, 0.2) is 29.3 Å². The molecule has 28 heavy (non-hydrogen) atoms. The number of fused-ring (bicyclic) bond motifs is 1. The summed E-state index contributed by atoms with van der Waals surface area (Å²) in [5.41, 5.74) is 1.21. The number of carbonyl (C=O) groups excluding carboxylic acids is 2. The van der Waals surface area contributed by atoms with E-state index in [1.165, 1.54) is 10.5 Å². The van der Waals surface area contributed by atoms with Crippen LogP contribution >= 0.6 is 0 Å². The number of likely N-dealkylation sites (N-methyl/N-ethyl adjacent to an activating group) is 1. The van der Waals surface area contributed by atoms with Crippen LogP contribution in [0.5, 0.6) is 5.75 Å². The van der Waals surface area contributed by atoms with Crippen LogP contribution in [0.2, 0.25) is 0 Å². The number of hydrogen-bond acceptors (Lipinski definition) is 7. The van der Waals surface area contributed by atoms with Crippen molar-refractivity contribution >= 4 is 17.9 Å². The molecular weight excluding hydrogens is 362 g/mol. The van der Waals surface area contributed by atoms with E-state index in [-0.39, 0.29) is 13.2 Å². The number of benzene rings is 1. The molecule has 0 spiro atoms. The minimum atomic E-state index is -0.842. The number of carbonyl (C=O) groups is 2. The molecule has 3 rings (SSSR count). The Balaban J connectivity index is 1.67. The first-order valence-corrected chi connectivity index (χ1v) is 9.31. The second-order valence-electron chi connectivity index (χ2n) is 7.20. The Bertz CT molecular complexity index is 764. The summed E-state index contributed by atoms with van der Waals surface area (Å²) in [6, 6.07) is 6.57. The predicted molar refractivity (Wildman–Crippen MR) is 104 cm³/mol. The Morgan fingerprint density at radius 1 is 1.29 bits per heavy atom. The molecule has 1 aromatic carbocycles. The first kappa shape index (κ1) is 19.9. The smallest absolute Gasteiger partial charge is 0.325 e. The van der Waals surface area contributed by atoms with Crippen LogP contribution in [-0.4, -0.2) is 90.3 Å². The van der Waals surface area contributed by atoms with Crippen molar-refractivity contribution < 1.29 is 19.4 Å². The van der Waals surface area contributed by atoms with Gasteiger partial charge < -0.3 is 24.5 Å². The topological polar surface area (TPSA) is 97.7 Å². The zero-order valence-corrected chi connectivity index (χ0v) is 16.6. The van der Waals surface area contributed by atoms with E-state index in [0.717, 1.165) is 6.42 Å². The van der Waals surface area contributed by atoms with Gasteiger partial charge in [-0.15, -0.1) is 0 Å². The maximum atomic E-state index is 12.4. The highest BCUT2D eigenvalue weighted by atomic mass is 16.5. The monoisotopic (exact) mass is 389 g/mol. The van der Waals surface area contributed by atoms with Gasteiger partial charge in [0.2, 0.25) is 0 Å². The average molecular weight is 389 g/mol. The van der Waals surface area contributed by atoms with Crippen molar-refractivity contribution in [3.8, 4) is 5.75 Å². The predicted octanol–water partition coefficient (Wildman–Crippen LogP) is 0.0982. The molecule has 2 heterocycles. The third kappa shape index (κ3) is 3.89. The maximum Gasteiger partial charge on any atom is 0.325 e. The summed E-state index contributed by atoms with van der Waals surface area (Å²) < 4.78 is 5.68. The molecule has 1 aromatic rings. The molecule has 2 aliphatic rings. The third-order valence-electron chi connectivity index (χ3n) is 4.92. The Kier molecular flexibility index (Phi) is 5.73. The van der Waals surface area contributed by atoms with E-state index < -0.39 is 30.2 Å². The molecule has 9 heteroatoms. The molecule has 9 nitrogen and oxygen atoms in total. The number of amides is 3. The van der Waals surface area contributed by atoms with Gasteiger partial charge in [-0.25, -0.2) is 9.79 Å². The highest BCUT2D eigenvalue weighted by Gasteiger charge is 2.49. The second-order valence-corrected chi connectivity index (χ2v) is 7.20. The van der Waals surface area contributed by atoms with Crippen molar-refractivity contribution in [2.75, 3.05) is 34.3 Å². The fraction of sp³-hybridized carbons (Fsp3) is 0.526. The zero-order valence-electron chi connectivity index (χ0n) is 16.6.